The van der Waals surface area contributed by atoms with Gasteiger partial charge in [0, 0.05) is 20.6 Å². The maximum absolute atomic E-state index is 12.4. The minimum atomic E-state index is -3.51. The molecule has 3 rings (SSSR count). The Hall–Kier alpha value is -2.09. The van der Waals surface area contributed by atoms with Crippen LogP contribution in [-0.2, 0) is 23.2 Å². The lowest BCUT2D eigenvalue weighted by Gasteiger charge is -2.12. The van der Waals surface area contributed by atoms with Crippen LogP contribution in [0.3, 0.4) is 0 Å². The number of ether oxygens (including phenoxy) is 1. The normalized spacial score (nSPS) is 12.1. The zero-order valence-electron chi connectivity index (χ0n) is 16.4. The molecule has 0 spiro atoms. The maximum atomic E-state index is 12.4. The van der Waals surface area contributed by atoms with Crippen LogP contribution in [0.25, 0.3) is 11.0 Å². The van der Waals surface area contributed by atoms with Crippen LogP contribution >= 0.6 is 11.6 Å². The van der Waals surface area contributed by atoms with Gasteiger partial charge in [0.15, 0.2) is 0 Å². The number of nitrogens with zero attached hydrogens (tertiary/aromatic N) is 3. The SMILES string of the molecule is CCCn1c(COc2cc(C)ccc2Cl)nc2cc(S(=O)(=O)N(C)C)ccc21. The lowest BCUT2D eigenvalue weighted by Crippen LogP contribution is -2.22. The van der Waals surface area contributed by atoms with E-state index in [2.05, 4.69) is 16.5 Å². The first-order chi connectivity index (χ1) is 13.2. The summed E-state index contributed by atoms with van der Waals surface area (Å²) in [5.74, 6) is 1.33. The predicted molar refractivity (Wildman–Crippen MR) is 111 cm³/mol. The molecule has 0 aliphatic heterocycles. The minimum Gasteiger partial charge on any atom is -0.484 e. The number of imidazole rings is 1. The highest BCUT2D eigenvalue weighted by Gasteiger charge is 2.20. The Balaban J connectivity index is 1.99. The molecule has 1 aromatic heterocycles. The van der Waals surface area contributed by atoms with Crippen molar-refractivity contribution >= 4 is 32.7 Å². The van der Waals surface area contributed by atoms with E-state index in [4.69, 9.17) is 16.3 Å². The molecule has 3 aromatic rings. The molecule has 28 heavy (non-hydrogen) atoms. The highest BCUT2D eigenvalue weighted by Crippen LogP contribution is 2.27. The number of halogens is 1. The van der Waals surface area contributed by atoms with Crippen molar-refractivity contribution in [2.75, 3.05) is 14.1 Å². The van der Waals surface area contributed by atoms with Crippen molar-refractivity contribution < 1.29 is 13.2 Å². The van der Waals surface area contributed by atoms with Crippen molar-refractivity contribution in [3.63, 3.8) is 0 Å². The topological polar surface area (TPSA) is 64.4 Å². The molecule has 1 heterocycles. The zero-order chi connectivity index (χ0) is 20.5. The van der Waals surface area contributed by atoms with Crippen LogP contribution < -0.4 is 4.74 Å². The van der Waals surface area contributed by atoms with Crippen LogP contribution in [0.2, 0.25) is 5.02 Å². The van der Waals surface area contributed by atoms with E-state index >= 15 is 0 Å². The molecule has 0 atom stereocenters. The van der Waals surface area contributed by atoms with Crippen LogP contribution in [0.4, 0.5) is 0 Å². The summed E-state index contributed by atoms with van der Waals surface area (Å²) in [5.41, 5.74) is 2.57. The molecule has 0 aliphatic carbocycles. The second-order valence-electron chi connectivity index (χ2n) is 6.84. The van der Waals surface area contributed by atoms with Gasteiger partial charge >= 0.3 is 0 Å². The molecule has 0 saturated heterocycles. The van der Waals surface area contributed by atoms with Gasteiger partial charge in [-0.25, -0.2) is 17.7 Å². The van der Waals surface area contributed by atoms with E-state index in [0.29, 0.717) is 16.3 Å². The van der Waals surface area contributed by atoms with E-state index < -0.39 is 10.0 Å². The summed E-state index contributed by atoms with van der Waals surface area (Å²) in [6.45, 7) is 5.06. The van der Waals surface area contributed by atoms with E-state index in [0.717, 1.165) is 29.9 Å². The van der Waals surface area contributed by atoms with Crippen LogP contribution in [0.15, 0.2) is 41.3 Å². The Morgan fingerprint density at radius 3 is 2.61 bits per heavy atom. The molecule has 0 unspecified atom stereocenters. The van der Waals surface area contributed by atoms with E-state index in [9.17, 15) is 8.42 Å². The fraction of sp³-hybridized carbons (Fsp3) is 0.350. The van der Waals surface area contributed by atoms with Gasteiger partial charge in [0.25, 0.3) is 0 Å². The quantitative estimate of drug-likeness (QED) is 0.572. The third kappa shape index (κ3) is 4.01. The zero-order valence-corrected chi connectivity index (χ0v) is 18.0. The monoisotopic (exact) mass is 421 g/mol. The number of fused-ring (bicyclic) bond motifs is 1. The number of aryl methyl sites for hydroxylation is 2. The number of hydrogen-bond acceptors (Lipinski definition) is 4. The molecule has 0 aliphatic rings. The Labute approximate surface area is 170 Å². The Bertz CT molecular complexity index is 1110. The summed E-state index contributed by atoms with van der Waals surface area (Å²) in [7, 11) is -0.487. The van der Waals surface area contributed by atoms with Crippen LogP contribution in [0.5, 0.6) is 5.75 Å². The van der Waals surface area contributed by atoms with E-state index in [1.165, 1.54) is 18.4 Å². The second kappa shape index (κ2) is 8.11. The van der Waals surface area contributed by atoms with Crippen LogP contribution in [-0.4, -0.2) is 36.4 Å². The van der Waals surface area contributed by atoms with Gasteiger partial charge in [-0.15, -0.1) is 0 Å². The first kappa shape index (κ1) is 20.6. The van der Waals surface area contributed by atoms with Crippen molar-refractivity contribution in [3.05, 3.63) is 52.8 Å². The largest absolute Gasteiger partial charge is 0.484 e. The highest BCUT2D eigenvalue weighted by molar-refractivity contribution is 7.89. The maximum Gasteiger partial charge on any atom is 0.242 e. The molecule has 0 fully saturated rings. The van der Waals surface area contributed by atoms with Crippen molar-refractivity contribution in [3.8, 4) is 5.75 Å². The second-order valence-corrected chi connectivity index (χ2v) is 9.40. The van der Waals surface area contributed by atoms with Gasteiger partial charge in [0.05, 0.1) is 21.0 Å². The summed E-state index contributed by atoms with van der Waals surface area (Å²) in [6, 6.07) is 10.6. The molecular formula is C20H24ClN3O3S. The summed E-state index contributed by atoms with van der Waals surface area (Å²) in [6.07, 6.45) is 0.918. The summed E-state index contributed by atoms with van der Waals surface area (Å²) in [4.78, 5) is 4.87. The first-order valence-corrected chi connectivity index (χ1v) is 10.9. The fourth-order valence-corrected chi connectivity index (χ4v) is 4.07. The smallest absolute Gasteiger partial charge is 0.242 e. The average Bonchev–Trinajstić information content (AvgIpc) is 2.99. The number of benzene rings is 2. The molecular weight excluding hydrogens is 398 g/mol. The molecule has 0 bridgehead atoms. The fourth-order valence-electron chi connectivity index (χ4n) is 2.98. The van der Waals surface area contributed by atoms with Gasteiger partial charge in [-0.05, 0) is 49.2 Å². The Morgan fingerprint density at radius 2 is 1.93 bits per heavy atom. The van der Waals surface area contributed by atoms with Gasteiger partial charge < -0.3 is 9.30 Å². The molecule has 0 amide bonds. The van der Waals surface area contributed by atoms with Crippen molar-refractivity contribution in [1.82, 2.24) is 13.9 Å². The molecule has 150 valence electrons. The molecule has 0 N–H and O–H groups in total. The Kier molecular flexibility index (Phi) is 5.98. The van der Waals surface area contributed by atoms with E-state index in [1.807, 2.05) is 19.1 Å². The van der Waals surface area contributed by atoms with Crippen molar-refractivity contribution in [2.24, 2.45) is 0 Å². The highest BCUT2D eigenvalue weighted by atomic mass is 35.5. The predicted octanol–water partition coefficient (Wildman–Crippen LogP) is 4.24. The van der Waals surface area contributed by atoms with Gasteiger partial charge in [-0.3, -0.25) is 0 Å². The van der Waals surface area contributed by atoms with Crippen molar-refractivity contribution in [2.45, 2.75) is 38.3 Å². The van der Waals surface area contributed by atoms with Gasteiger partial charge in [-0.1, -0.05) is 24.6 Å². The van der Waals surface area contributed by atoms with Gasteiger partial charge in [0.2, 0.25) is 10.0 Å². The number of aromatic nitrogens is 2. The third-order valence-corrected chi connectivity index (χ3v) is 6.59. The lowest BCUT2D eigenvalue weighted by molar-refractivity contribution is 0.290. The lowest BCUT2D eigenvalue weighted by atomic mass is 10.2. The standard InChI is InChI=1S/C20H24ClN3O3S/c1-5-10-24-18-9-7-15(28(25,26)23(3)4)12-17(18)22-20(24)13-27-19-11-14(2)6-8-16(19)21/h6-9,11-12H,5,10,13H2,1-4H3. The summed E-state index contributed by atoms with van der Waals surface area (Å²) in [5, 5.41) is 0.545. The molecule has 6 nitrogen and oxygen atoms in total. The average molecular weight is 422 g/mol. The first-order valence-electron chi connectivity index (χ1n) is 9.04. The number of rotatable bonds is 7. The third-order valence-electron chi connectivity index (χ3n) is 4.47. The summed E-state index contributed by atoms with van der Waals surface area (Å²) >= 11 is 6.22. The van der Waals surface area contributed by atoms with Gasteiger partial charge in [0.1, 0.15) is 18.2 Å². The molecule has 0 radical (unpaired) electrons. The Morgan fingerprint density at radius 1 is 1.18 bits per heavy atom. The van der Waals surface area contributed by atoms with Crippen LogP contribution in [0.1, 0.15) is 24.7 Å². The van der Waals surface area contributed by atoms with E-state index in [-0.39, 0.29) is 11.5 Å². The number of hydrogen-bond donors (Lipinski definition) is 0. The molecule has 0 saturated carbocycles. The van der Waals surface area contributed by atoms with Crippen LogP contribution in [0, 0.1) is 6.92 Å². The van der Waals surface area contributed by atoms with Gasteiger partial charge in [-0.2, -0.15) is 0 Å². The molecule has 2 aromatic carbocycles. The molecule has 8 heteroatoms. The minimum absolute atomic E-state index is 0.223. The van der Waals surface area contributed by atoms with Crippen molar-refractivity contribution in [1.29, 1.82) is 0 Å². The van der Waals surface area contributed by atoms with E-state index in [1.54, 1.807) is 24.3 Å². The summed E-state index contributed by atoms with van der Waals surface area (Å²) < 4.78 is 34.0. The number of sulfonamides is 1.